The second-order valence-corrected chi connectivity index (χ2v) is 3.06. The Labute approximate surface area is 81.4 Å². The fourth-order valence-corrected chi connectivity index (χ4v) is 1.14. The van der Waals surface area contributed by atoms with Crippen LogP contribution in [0.15, 0.2) is 30.3 Å². The van der Waals surface area contributed by atoms with E-state index < -0.39 is 5.85 Å². The first kappa shape index (κ1) is 9.14. The van der Waals surface area contributed by atoms with Gasteiger partial charge >= 0.3 is 0 Å². The van der Waals surface area contributed by atoms with Crippen molar-refractivity contribution < 1.29 is 9.63 Å². The number of rotatable bonds is 3. The number of hydrazine groups is 1. The quantitative estimate of drug-likeness (QED) is 0.465. The highest BCUT2D eigenvalue weighted by atomic mass is 16.8. The van der Waals surface area contributed by atoms with E-state index in [0.29, 0.717) is 0 Å². The van der Waals surface area contributed by atoms with Gasteiger partial charge in [0.15, 0.2) is 0 Å². The first-order valence-electron chi connectivity index (χ1n) is 4.27. The molecule has 3 N–H and O–H groups in total. The Bertz CT molecular complexity index is 335. The predicted octanol–water partition coefficient (Wildman–Crippen LogP) is -0.0276. The van der Waals surface area contributed by atoms with E-state index >= 15 is 0 Å². The van der Waals surface area contributed by atoms with Crippen LogP contribution in [0.25, 0.3) is 0 Å². The maximum Gasteiger partial charge on any atom is 0.258 e. The van der Waals surface area contributed by atoms with Crippen molar-refractivity contribution in [3.8, 4) is 0 Å². The third kappa shape index (κ3) is 1.74. The van der Waals surface area contributed by atoms with Crippen LogP contribution in [0.4, 0.5) is 0 Å². The van der Waals surface area contributed by atoms with Crippen molar-refractivity contribution in [1.82, 2.24) is 16.3 Å². The lowest BCUT2D eigenvalue weighted by molar-refractivity contribution is -0.120. The molecular formula is C9H11N3O2. The molecule has 1 unspecified atom stereocenters. The molecule has 2 rings (SSSR count). The van der Waals surface area contributed by atoms with E-state index in [1.807, 2.05) is 30.3 Å². The summed E-state index contributed by atoms with van der Waals surface area (Å²) in [5.41, 5.74) is 8.83. The SMILES string of the molecule is CC(=O)NNC1(c2ccccc2)NO1. The van der Waals surface area contributed by atoms with Crippen molar-refractivity contribution in [1.29, 1.82) is 0 Å². The summed E-state index contributed by atoms with van der Waals surface area (Å²) in [5, 5.41) is 0. The number of hydroxylamine groups is 1. The normalized spacial score (nSPS) is 24.4. The molecule has 5 nitrogen and oxygen atoms in total. The smallest absolute Gasteiger partial charge is 0.258 e. The Morgan fingerprint density at radius 2 is 2.07 bits per heavy atom. The molecule has 1 aromatic rings. The van der Waals surface area contributed by atoms with Gasteiger partial charge in [0, 0.05) is 12.5 Å². The van der Waals surface area contributed by atoms with Gasteiger partial charge in [-0.15, -0.1) is 5.48 Å². The van der Waals surface area contributed by atoms with Crippen LogP contribution in [-0.4, -0.2) is 5.91 Å². The third-order valence-electron chi connectivity index (χ3n) is 1.90. The molecule has 0 aliphatic carbocycles. The zero-order chi connectivity index (χ0) is 10.0. The largest absolute Gasteiger partial charge is 0.288 e. The highest BCUT2D eigenvalue weighted by Gasteiger charge is 2.47. The van der Waals surface area contributed by atoms with Crippen LogP contribution in [0.3, 0.4) is 0 Å². The third-order valence-corrected chi connectivity index (χ3v) is 1.90. The standard InChI is InChI=1S/C9H11N3O2/c1-7(13)10-11-9(12-14-9)8-5-3-2-4-6-8/h2-6,11-12H,1H3,(H,10,13). The van der Waals surface area contributed by atoms with E-state index in [1.54, 1.807) is 0 Å². The number of benzene rings is 1. The van der Waals surface area contributed by atoms with Gasteiger partial charge < -0.3 is 0 Å². The molecule has 1 fully saturated rings. The van der Waals surface area contributed by atoms with Crippen LogP contribution < -0.4 is 16.3 Å². The van der Waals surface area contributed by atoms with Crippen LogP contribution in [0, 0.1) is 0 Å². The van der Waals surface area contributed by atoms with Gasteiger partial charge in [-0.25, -0.2) is 0 Å². The van der Waals surface area contributed by atoms with Crippen molar-refractivity contribution in [2.24, 2.45) is 0 Å². The molecule has 5 heteroatoms. The Morgan fingerprint density at radius 1 is 1.43 bits per heavy atom. The highest BCUT2D eigenvalue weighted by Crippen LogP contribution is 2.28. The van der Waals surface area contributed by atoms with Crippen molar-refractivity contribution >= 4 is 5.91 Å². The molecule has 1 aliphatic rings. The highest BCUT2D eigenvalue weighted by molar-refractivity contribution is 5.72. The summed E-state index contributed by atoms with van der Waals surface area (Å²) in [6, 6.07) is 9.51. The number of hydrogen-bond acceptors (Lipinski definition) is 4. The molecular weight excluding hydrogens is 182 g/mol. The molecule has 0 radical (unpaired) electrons. The summed E-state index contributed by atoms with van der Waals surface area (Å²) in [6.45, 7) is 1.42. The van der Waals surface area contributed by atoms with Crippen LogP contribution in [-0.2, 0) is 15.5 Å². The molecule has 1 aliphatic heterocycles. The first-order chi connectivity index (χ1) is 6.73. The summed E-state index contributed by atoms with van der Waals surface area (Å²) in [7, 11) is 0. The molecule has 74 valence electrons. The second kappa shape index (κ2) is 3.38. The molecule has 14 heavy (non-hydrogen) atoms. The molecule has 1 aromatic carbocycles. The Kier molecular flexibility index (Phi) is 2.20. The van der Waals surface area contributed by atoms with Gasteiger partial charge in [0.2, 0.25) is 5.91 Å². The minimum atomic E-state index is -0.757. The van der Waals surface area contributed by atoms with Gasteiger partial charge in [-0.2, -0.15) is 5.43 Å². The maximum absolute atomic E-state index is 10.7. The monoisotopic (exact) mass is 193 g/mol. The first-order valence-corrected chi connectivity index (χ1v) is 4.27. The van der Waals surface area contributed by atoms with Crippen LogP contribution in [0.2, 0.25) is 0 Å². The maximum atomic E-state index is 10.7. The topological polar surface area (TPSA) is 75.6 Å². The minimum Gasteiger partial charge on any atom is -0.288 e. The van der Waals surface area contributed by atoms with E-state index in [0.717, 1.165) is 5.56 Å². The Balaban J connectivity index is 2.06. The van der Waals surface area contributed by atoms with Crippen LogP contribution >= 0.6 is 0 Å². The van der Waals surface area contributed by atoms with Gasteiger partial charge in [0.1, 0.15) is 0 Å². The lowest BCUT2D eigenvalue weighted by atomic mass is 10.2. The minimum absolute atomic E-state index is 0.169. The van der Waals surface area contributed by atoms with Gasteiger partial charge in [0.05, 0.1) is 0 Å². The molecule has 0 bridgehead atoms. The molecule has 1 atom stereocenters. The Morgan fingerprint density at radius 3 is 2.57 bits per heavy atom. The average molecular weight is 193 g/mol. The van der Waals surface area contributed by atoms with Crippen LogP contribution in [0.1, 0.15) is 12.5 Å². The van der Waals surface area contributed by atoms with E-state index in [9.17, 15) is 4.79 Å². The predicted molar refractivity (Wildman–Crippen MR) is 49.3 cm³/mol. The summed E-state index contributed by atoms with van der Waals surface area (Å²) < 4.78 is 0. The lowest BCUT2D eigenvalue weighted by Crippen LogP contribution is -2.45. The molecule has 0 spiro atoms. The summed E-state index contributed by atoms with van der Waals surface area (Å²) in [5.74, 6) is -0.926. The van der Waals surface area contributed by atoms with Crippen molar-refractivity contribution in [3.05, 3.63) is 35.9 Å². The number of amides is 1. The van der Waals surface area contributed by atoms with E-state index in [1.165, 1.54) is 6.92 Å². The van der Waals surface area contributed by atoms with E-state index in [2.05, 4.69) is 16.3 Å². The number of hydrogen-bond donors (Lipinski definition) is 3. The zero-order valence-corrected chi connectivity index (χ0v) is 7.70. The lowest BCUT2D eigenvalue weighted by Gasteiger charge is -2.11. The summed E-state index contributed by atoms with van der Waals surface area (Å²) >= 11 is 0. The average Bonchev–Trinajstić information content (AvgIpc) is 2.97. The Hall–Kier alpha value is -1.43. The number of nitrogens with one attached hydrogen (secondary N) is 3. The number of carbonyl (C=O) groups excluding carboxylic acids is 1. The van der Waals surface area contributed by atoms with E-state index in [4.69, 9.17) is 4.84 Å². The van der Waals surface area contributed by atoms with Crippen LogP contribution in [0.5, 0.6) is 0 Å². The molecule has 0 aromatic heterocycles. The van der Waals surface area contributed by atoms with Gasteiger partial charge in [0.25, 0.3) is 5.85 Å². The number of carbonyl (C=O) groups is 1. The van der Waals surface area contributed by atoms with Gasteiger partial charge in [-0.3, -0.25) is 15.1 Å². The molecule has 1 saturated heterocycles. The van der Waals surface area contributed by atoms with Crippen molar-refractivity contribution in [2.75, 3.05) is 0 Å². The van der Waals surface area contributed by atoms with E-state index in [-0.39, 0.29) is 5.91 Å². The van der Waals surface area contributed by atoms with Crippen molar-refractivity contribution in [2.45, 2.75) is 12.8 Å². The summed E-state index contributed by atoms with van der Waals surface area (Å²) in [4.78, 5) is 15.7. The second-order valence-electron chi connectivity index (χ2n) is 3.06. The van der Waals surface area contributed by atoms with Crippen molar-refractivity contribution in [3.63, 3.8) is 0 Å². The summed E-state index contributed by atoms with van der Waals surface area (Å²) in [6.07, 6.45) is 0. The fraction of sp³-hybridized carbons (Fsp3) is 0.222. The molecule has 1 heterocycles. The molecule has 0 saturated carbocycles. The van der Waals surface area contributed by atoms with Gasteiger partial charge in [-0.1, -0.05) is 30.3 Å². The molecule has 1 amide bonds. The van der Waals surface area contributed by atoms with Gasteiger partial charge in [-0.05, 0) is 0 Å². The zero-order valence-electron chi connectivity index (χ0n) is 7.70. The fourth-order valence-electron chi connectivity index (χ4n) is 1.14.